The number of hydrogen-bond donors (Lipinski definition) is 5. The zero-order valence-electron chi connectivity index (χ0n) is 7.01. The monoisotopic (exact) mass is 206 g/mol. The summed E-state index contributed by atoms with van der Waals surface area (Å²) in [6, 6.07) is -1.70. The number of aliphatic carboxylic acids is 3. The zero-order chi connectivity index (χ0) is 11.5. The van der Waals surface area contributed by atoms with Gasteiger partial charge in [-0.25, -0.2) is 0 Å². The van der Waals surface area contributed by atoms with Crippen molar-refractivity contribution in [3.8, 4) is 0 Å². The van der Waals surface area contributed by atoms with Gasteiger partial charge in [0.1, 0.15) is 0 Å². The van der Waals surface area contributed by atoms with Crippen LogP contribution in [0.5, 0.6) is 0 Å². The second-order valence-electron chi connectivity index (χ2n) is 2.57. The van der Waals surface area contributed by atoms with Gasteiger partial charge in [0.2, 0.25) is 0 Å². The lowest BCUT2D eigenvalue weighted by Gasteiger charge is -2.25. The van der Waals surface area contributed by atoms with Crippen LogP contribution in [0.4, 0.5) is 0 Å². The Morgan fingerprint density at radius 3 is 1.43 bits per heavy atom. The fourth-order valence-electron chi connectivity index (χ4n) is 0.927. The lowest BCUT2D eigenvalue weighted by molar-refractivity contribution is -0.177. The van der Waals surface area contributed by atoms with Crippen molar-refractivity contribution in [2.24, 2.45) is 16.9 Å². The lowest BCUT2D eigenvalue weighted by atomic mass is 9.80. The van der Waals surface area contributed by atoms with Crippen molar-refractivity contribution in [1.82, 2.24) is 0 Å². The van der Waals surface area contributed by atoms with Gasteiger partial charge in [0, 0.05) is 6.54 Å². The highest BCUT2D eigenvalue weighted by Crippen LogP contribution is 2.22. The van der Waals surface area contributed by atoms with E-state index in [1.807, 2.05) is 0 Å². The Morgan fingerprint density at radius 2 is 1.36 bits per heavy atom. The average molecular weight is 206 g/mol. The molecule has 0 aliphatic rings. The normalized spacial score (nSPS) is 13.3. The standard InChI is InChI=1S/C6H10N2O6/c7-1-2(8)6(3(9)10,4(11)12)5(13)14/h2H,1,7-8H2,(H,9,10)(H,11,12)(H,13,14). The van der Waals surface area contributed by atoms with Gasteiger partial charge in [0.15, 0.2) is 0 Å². The van der Waals surface area contributed by atoms with Crippen LogP contribution in [0.2, 0.25) is 0 Å². The fraction of sp³-hybridized carbons (Fsp3) is 0.500. The quantitative estimate of drug-likeness (QED) is 0.308. The van der Waals surface area contributed by atoms with E-state index in [9.17, 15) is 14.4 Å². The van der Waals surface area contributed by atoms with Crippen LogP contribution in [0.25, 0.3) is 0 Å². The van der Waals surface area contributed by atoms with E-state index in [4.69, 9.17) is 26.8 Å². The minimum Gasteiger partial charge on any atom is -0.480 e. The molecule has 80 valence electrons. The van der Waals surface area contributed by atoms with E-state index in [2.05, 4.69) is 0 Å². The maximum Gasteiger partial charge on any atom is 0.334 e. The van der Waals surface area contributed by atoms with Crippen molar-refractivity contribution in [2.75, 3.05) is 6.54 Å². The Hall–Kier alpha value is -1.67. The molecule has 0 amide bonds. The molecule has 7 N–H and O–H groups in total. The van der Waals surface area contributed by atoms with Crippen LogP contribution >= 0.6 is 0 Å². The van der Waals surface area contributed by atoms with Gasteiger partial charge < -0.3 is 26.8 Å². The first-order chi connectivity index (χ1) is 6.31. The van der Waals surface area contributed by atoms with Gasteiger partial charge in [0.25, 0.3) is 5.41 Å². The minimum atomic E-state index is -3.09. The molecule has 0 bridgehead atoms. The second kappa shape index (κ2) is 4.03. The van der Waals surface area contributed by atoms with Crippen LogP contribution in [0.1, 0.15) is 0 Å². The molecule has 0 aromatic rings. The number of hydrogen-bond acceptors (Lipinski definition) is 5. The third-order valence-electron chi connectivity index (χ3n) is 1.82. The third-order valence-corrected chi connectivity index (χ3v) is 1.82. The summed E-state index contributed by atoms with van der Waals surface area (Å²) in [5, 5.41) is 25.7. The van der Waals surface area contributed by atoms with Gasteiger partial charge in [0.05, 0.1) is 6.04 Å². The summed E-state index contributed by atoms with van der Waals surface area (Å²) in [6.07, 6.45) is 0. The summed E-state index contributed by atoms with van der Waals surface area (Å²) in [6.45, 7) is -0.565. The number of carboxylic acids is 3. The number of carbonyl (C=O) groups is 3. The number of carboxylic acid groups (broad SMARTS) is 3. The molecule has 1 atom stereocenters. The van der Waals surface area contributed by atoms with E-state index in [0.717, 1.165) is 0 Å². The van der Waals surface area contributed by atoms with Gasteiger partial charge in [-0.15, -0.1) is 0 Å². The highest BCUT2D eigenvalue weighted by Gasteiger charge is 2.58. The molecule has 0 aliphatic heterocycles. The molecular formula is C6H10N2O6. The molecule has 8 nitrogen and oxygen atoms in total. The molecule has 0 radical (unpaired) electrons. The first kappa shape index (κ1) is 12.3. The van der Waals surface area contributed by atoms with Crippen molar-refractivity contribution in [1.29, 1.82) is 0 Å². The Labute approximate surface area is 78.1 Å². The third kappa shape index (κ3) is 1.52. The van der Waals surface area contributed by atoms with E-state index >= 15 is 0 Å². The molecule has 0 aliphatic carbocycles. The van der Waals surface area contributed by atoms with E-state index in [-0.39, 0.29) is 0 Å². The molecule has 0 saturated carbocycles. The molecule has 14 heavy (non-hydrogen) atoms. The van der Waals surface area contributed by atoms with E-state index in [0.29, 0.717) is 0 Å². The van der Waals surface area contributed by atoms with Crippen molar-refractivity contribution in [2.45, 2.75) is 6.04 Å². The predicted octanol–water partition coefficient (Wildman–Crippen LogP) is -2.49. The highest BCUT2D eigenvalue weighted by atomic mass is 16.4. The topological polar surface area (TPSA) is 164 Å². The summed E-state index contributed by atoms with van der Waals surface area (Å²) in [7, 11) is 0. The summed E-state index contributed by atoms with van der Waals surface area (Å²) >= 11 is 0. The molecule has 0 rings (SSSR count). The van der Waals surface area contributed by atoms with Gasteiger partial charge in [-0.3, -0.25) is 14.4 Å². The Bertz CT molecular complexity index is 239. The van der Waals surface area contributed by atoms with Crippen LogP contribution in [-0.2, 0) is 14.4 Å². The van der Waals surface area contributed by atoms with Gasteiger partial charge in [-0.1, -0.05) is 0 Å². The molecule has 0 saturated heterocycles. The van der Waals surface area contributed by atoms with Crippen LogP contribution < -0.4 is 11.5 Å². The van der Waals surface area contributed by atoms with Crippen LogP contribution in [-0.4, -0.2) is 45.8 Å². The first-order valence-corrected chi connectivity index (χ1v) is 3.47. The highest BCUT2D eigenvalue weighted by molar-refractivity contribution is 6.17. The molecule has 0 aromatic carbocycles. The van der Waals surface area contributed by atoms with E-state index < -0.39 is 35.9 Å². The average Bonchev–Trinajstić information content (AvgIpc) is 2.02. The Balaban J connectivity index is 5.50. The van der Waals surface area contributed by atoms with Crippen LogP contribution in [0, 0.1) is 5.41 Å². The maximum atomic E-state index is 10.6. The molecule has 0 fully saturated rings. The minimum absolute atomic E-state index is 0.565. The van der Waals surface area contributed by atoms with Crippen LogP contribution in [0.3, 0.4) is 0 Å². The largest absolute Gasteiger partial charge is 0.480 e. The molecule has 1 unspecified atom stereocenters. The molecule has 0 heterocycles. The summed E-state index contributed by atoms with van der Waals surface area (Å²) < 4.78 is 0. The van der Waals surface area contributed by atoms with Crippen molar-refractivity contribution in [3.63, 3.8) is 0 Å². The van der Waals surface area contributed by atoms with Gasteiger partial charge in [-0.2, -0.15) is 0 Å². The maximum absolute atomic E-state index is 10.6. The molecular weight excluding hydrogens is 196 g/mol. The Morgan fingerprint density at radius 1 is 1.07 bits per heavy atom. The SMILES string of the molecule is NCC(N)C(C(=O)O)(C(=O)O)C(=O)O. The second-order valence-corrected chi connectivity index (χ2v) is 2.57. The zero-order valence-corrected chi connectivity index (χ0v) is 7.01. The lowest BCUT2D eigenvalue weighted by Crippen LogP contribution is -2.60. The Kier molecular flexibility index (Phi) is 3.55. The van der Waals surface area contributed by atoms with Crippen LogP contribution in [0.15, 0.2) is 0 Å². The summed E-state index contributed by atoms with van der Waals surface area (Å²) in [4.78, 5) is 31.8. The smallest absolute Gasteiger partial charge is 0.334 e. The number of nitrogens with two attached hydrogens (primary N) is 2. The van der Waals surface area contributed by atoms with Crippen molar-refractivity contribution in [3.05, 3.63) is 0 Å². The van der Waals surface area contributed by atoms with E-state index in [1.165, 1.54) is 0 Å². The summed E-state index contributed by atoms with van der Waals surface area (Å²) in [5.74, 6) is -6.14. The molecule has 0 aromatic heterocycles. The molecule has 0 spiro atoms. The van der Waals surface area contributed by atoms with Gasteiger partial charge in [-0.05, 0) is 0 Å². The first-order valence-electron chi connectivity index (χ1n) is 3.47. The van der Waals surface area contributed by atoms with E-state index in [1.54, 1.807) is 0 Å². The number of rotatable bonds is 5. The van der Waals surface area contributed by atoms with Gasteiger partial charge >= 0.3 is 17.9 Å². The van der Waals surface area contributed by atoms with Crippen molar-refractivity contribution >= 4 is 17.9 Å². The van der Waals surface area contributed by atoms with Crippen molar-refractivity contribution < 1.29 is 29.7 Å². The predicted molar refractivity (Wildman–Crippen MR) is 42.4 cm³/mol. The summed E-state index contributed by atoms with van der Waals surface area (Å²) in [5.41, 5.74) is 6.96. The molecule has 8 heteroatoms. The fourth-order valence-corrected chi connectivity index (χ4v) is 0.927.